The van der Waals surface area contributed by atoms with Gasteiger partial charge in [-0.1, -0.05) is 41.5 Å². The Morgan fingerprint density at radius 3 is 1.44 bits per heavy atom. The van der Waals surface area contributed by atoms with Crippen LogP contribution in [0.2, 0.25) is 0 Å². The van der Waals surface area contributed by atoms with Crippen LogP contribution in [0.15, 0.2) is 0 Å². The lowest BCUT2D eigenvalue weighted by atomic mass is 9.54. The third-order valence-corrected chi connectivity index (χ3v) is 4.46. The van der Waals surface area contributed by atoms with E-state index in [9.17, 15) is 0 Å². The Hall–Kier alpha value is -0.160. The van der Waals surface area contributed by atoms with E-state index in [1.54, 1.807) is 0 Å². The Bertz CT molecular complexity index is 416. The molecule has 1 rings (SSSR count). The normalized spacial score (nSPS) is 27.4. The quantitative estimate of drug-likeness (QED) is 0.336. The summed E-state index contributed by atoms with van der Waals surface area (Å²) in [5.74, 6) is -0.394. The highest BCUT2D eigenvalue weighted by atomic mass is 17.3. The molecule has 0 heterocycles. The Morgan fingerprint density at radius 2 is 1.12 bits per heavy atom. The Morgan fingerprint density at radius 1 is 0.720 bits per heavy atom. The second-order valence-corrected chi connectivity index (χ2v) is 11.7. The van der Waals surface area contributed by atoms with Gasteiger partial charge >= 0.3 is 0 Å². The molecule has 0 saturated heterocycles. The molecule has 0 aromatic rings. The van der Waals surface area contributed by atoms with Crippen LogP contribution in [0.3, 0.4) is 0 Å². The van der Waals surface area contributed by atoms with E-state index in [4.69, 9.17) is 19.6 Å². The molecular formula is C21H42O4. The van der Waals surface area contributed by atoms with Gasteiger partial charge in [-0.25, -0.2) is 9.78 Å². The topological polar surface area (TPSA) is 36.9 Å². The molecule has 1 fully saturated rings. The monoisotopic (exact) mass is 358 g/mol. The molecule has 25 heavy (non-hydrogen) atoms. The maximum absolute atomic E-state index is 6.13. The van der Waals surface area contributed by atoms with Gasteiger partial charge in [0.15, 0.2) is 0 Å². The fourth-order valence-electron chi connectivity index (χ4n) is 4.69. The lowest BCUT2D eigenvalue weighted by Gasteiger charge is -2.56. The molecule has 0 bridgehead atoms. The van der Waals surface area contributed by atoms with Crippen LogP contribution in [-0.4, -0.2) is 17.0 Å². The highest BCUT2D eigenvalue weighted by molar-refractivity contribution is 5.01. The minimum absolute atomic E-state index is 0.0262. The summed E-state index contributed by atoms with van der Waals surface area (Å²) in [4.78, 5) is 23.9. The van der Waals surface area contributed by atoms with Crippen LogP contribution in [-0.2, 0) is 19.6 Å². The van der Waals surface area contributed by atoms with Gasteiger partial charge < -0.3 is 0 Å². The van der Waals surface area contributed by atoms with Crippen LogP contribution in [0.5, 0.6) is 0 Å². The van der Waals surface area contributed by atoms with E-state index in [-0.39, 0.29) is 16.7 Å². The van der Waals surface area contributed by atoms with Crippen molar-refractivity contribution in [3.8, 4) is 0 Å². The van der Waals surface area contributed by atoms with Crippen molar-refractivity contribution in [2.45, 2.75) is 113 Å². The molecule has 2 unspecified atom stereocenters. The van der Waals surface area contributed by atoms with Gasteiger partial charge in [0.2, 0.25) is 5.79 Å². The smallest absolute Gasteiger partial charge is 0.228 e. The summed E-state index contributed by atoms with van der Waals surface area (Å²) in [6.07, 6.45) is 1.86. The minimum atomic E-state index is -0.944. The summed E-state index contributed by atoms with van der Waals surface area (Å²) < 4.78 is 0. The molecule has 1 saturated carbocycles. The fraction of sp³-hybridized carbons (Fsp3) is 1.00. The first kappa shape index (κ1) is 22.9. The van der Waals surface area contributed by atoms with Crippen molar-refractivity contribution >= 4 is 0 Å². The van der Waals surface area contributed by atoms with E-state index >= 15 is 0 Å². The van der Waals surface area contributed by atoms with Gasteiger partial charge in [0.25, 0.3) is 0 Å². The first-order chi connectivity index (χ1) is 10.9. The van der Waals surface area contributed by atoms with E-state index in [0.717, 1.165) is 12.8 Å². The molecule has 1 aliphatic rings. The summed E-state index contributed by atoms with van der Waals surface area (Å²) in [6, 6.07) is 0. The van der Waals surface area contributed by atoms with Gasteiger partial charge in [-0.15, -0.1) is 0 Å². The first-order valence-corrected chi connectivity index (χ1v) is 9.62. The standard InChI is InChI=1S/C21H42O4/c1-15-13-20(11,12)16(17(2,3)4)21(14-15,24-22-18(5,6)7)25-23-19(8,9)10/h15-16H,13-14H2,1-12H3. The molecule has 0 spiro atoms. The zero-order chi connectivity index (χ0) is 19.9. The average Bonchev–Trinajstić information content (AvgIpc) is 2.28. The van der Waals surface area contributed by atoms with Gasteiger partial charge in [-0.2, -0.15) is 9.78 Å². The SMILES string of the molecule is CC1CC(C)(C)C(C(C)(C)C)C(OOC(C)(C)C)(OOC(C)(C)C)C1. The van der Waals surface area contributed by atoms with Crippen molar-refractivity contribution in [1.29, 1.82) is 0 Å². The van der Waals surface area contributed by atoms with E-state index in [1.165, 1.54) is 0 Å². The molecule has 2 atom stereocenters. The largest absolute Gasteiger partial charge is 0.238 e. The third kappa shape index (κ3) is 6.50. The first-order valence-electron chi connectivity index (χ1n) is 9.62. The predicted molar refractivity (Wildman–Crippen MR) is 102 cm³/mol. The molecule has 0 amide bonds. The Kier molecular flexibility index (Phi) is 6.50. The molecule has 1 aliphatic carbocycles. The van der Waals surface area contributed by atoms with Crippen LogP contribution < -0.4 is 0 Å². The Balaban J connectivity index is 3.34. The summed E-state index contributed by atoms with van der Waals surface area (Å²) in [7, 11) is 0. The van der Waals surface area contributed by atoms with Crippen molar-refractivity contribution in [2.75, 3.05) is 0 Å². The average molecular weight is 359 g/mol. The van der Waals surface area contributed by atoms with Crippen LogP contribution in [0.25, 0.3) is 0 Å². The van der Waals surface area contributed by atoms with E-state index in [2.05, 4.69) is 41.5 Å². The lowest BCUT2D eigenvalue weighted by Crippen LogP contribution is -2.60. The van der Waals surface area contributed by atoms with Gasteiger partial charge in [-0.3, -0.25) is 0 Å². The molecule has 0 radical (unpaired) electrons. The zero-order valence-electron chi connectivity index (χ0n) is 18.7. The molecule has 150 valence electrons. The Labute approximate surface area is 155 Å². The summed E-state index contributed by atoms with van der Waals surface area (Å²) >= 11 is 0. The van der Waals surface area contributed by atoms with Crippen LogP contribution >= 0.6 is 0 Å². The van der Waals surface area contributed by atoms with E-state index in [1.807, 2.05) is 41.5 Å². The number of hydrogen-bond donors (Lipinski definition) is 0. The predicted octanol–water partition coefficient (Wildman–Crippen LogP) is 6.29. The second-order valence-electron chi connectivity index (χ2n) is 11.7. The van der Waals surface area contributed by atoms with Crippen LogP contribution in [0.1, 0.15) is 95.9 Å². The van der Waals surface area contributed by atoms with E-state index in [0.29, 0.717) is 5.92 Å². The lowest BCUT2D eigenvalue weighted by molar-refractivity contribution is -0.567. The summed E-state index contributed by atoms with van der Waals surface area (Å²) in [6.45, 7) is 25.5. The number of rotatable bonds is 4. The molecule has 0 aliphatic heterocycles. The van der Waals surface area contributed by atoms with Crippen molar-refractivity contribution < 1.29 is 19.6 Å². The maximum atomic E-state index is 6.13. The van der Waals surface area contributed by atoms with Crippen molar-refractivity contribution in [3.05, 3.63) is 0 Å². The van der Waals surface area contributed by atoms with Gasteiger partial charge in [-0.05, 0) is 64.7 Å². The molecule has 0 N–H and O–H groups in total. The van der Waals surface area contributed by atoms with Crippen LogP contribution in [0, 0.1) is 22.7 Å². The van der Waals surface area contributed by atoms with Crippen molar-refractivity contribution in [3.63, 3.8) is 0 Å². The zero-order valence-corrected chi connectivity index (χ0v) is 18.7. The third-order valence-electron chi connectivity index (χ3n) is 4.46. The minimum Gasteiger partial charge on any atom is -0.228 e. The highest BCUT2D eigenvalue weighted by Gasteiger charge is 2.60. The maximum Gasteiger partial charge on any atom is 0.238 e. The molecule has 0 aromatic carbocycles. The number of hydrogen-bond acceptors (Lipinski definition) is 4. The molecule has 0 aromatic heterocycles. The van der Waals surface area contributed by atoms with Crippen LogP contribution in [0.4, 0.5) is 0 Å². The fourth-order valence-corrected chi connectivity index (χ4v) is 4.69. The second kappa shape index (κ2) is 7.10. The molecule has 4 heteroatoms. The molecule has 4 nitrogen and oxygen atoms in total. The van der Waals surface area contributed by atoms with Gasteiger partial charge in [0.1, 0.15) is 0 Å². The summed E-state index contributed by atoms with van der Waals surface area (Å²) in [5, 5.41) is 0. The van der Waals surface area contributed by atoms with E-state index < -0.39 is 17.0 Å². The van der Waals surface area contributed by atoms with Gasteiger partial charge in [0, 0.05) is 12.3 Å². The summed E-state index contributed by atoms with van der Waals surface area (Å²) in [5.41, 5.74) is -0.860. The van der Waals surface area contributed by atoms with Crippen molar-refractivity contribution in [2.24, 2.45) is 22.7 Å². The van der Waals surface area contributed by atoms with Gasteiger partial charge in [0.05, 0.1) is 11.2 Å². The van der Waals surface area contributed by atoms with Crippen molar-refractivity contribution in [1.82, 2.24) is 0 Å². The molecular weight excluding hydrogens is 316 g/mol. The highest BCUT2D eigenvalue weighted by Crippen LogP contribution is 2.57.